The molecule has 2 aromatic carbocycles. The zero-order valence-corrected chi connectivity index (χ0v) is 17.8. The van der Waals surface area contributed by atoms with Crippen LogP contribution < -0.4 is 9.62 Å². The Kier molecular flexibility index (Phi) is 6.55. The Morgan fingerprint density at radius 1 is 0.903 bits per heavy atom. The lowest BCUT2D eigenvalue weighted by Gasteiger charge is -2.35. The third kappa shape index (κ3) is 5.25. The Hall–Kier alpha value is -2.88. The monoisotopic (exact) mass is 441 g/mol. The summed E-state index contributed by atoms with van der Waals surface area (Å²) < 4.78 is 40.6. The van der Waals surface area contributed by atoms with E-state index in [0.717, 1.165) is 43.3 Å². The van der Waals surface area contributed by atoms with Crippen LogP contribution in [0, 0.1) is 5.82 Å². The van der Waals surface area contributed by atoms with Crippen LogP contribution in [0.5, 0.6) is 0 Å². The van der Waals surface area contributed by atoms with Gasteiger partial charge < -0.3 is 4.90 Å². The van der Waals surface area contributed by atoms with Gasteiger partial charge in [-0.2, -0.15) is 0 Å². The molecule has 31 heavy (non-hydrogen) atoms. The van der Waals surface area contributed by atoms with Crippen LogP contribution >= 0.6 is 0 Å². The molecule has 162 valence electrons. The summed E-state index contributed by atoms with van der Waals surface area (Å²) >= 11 is 0. The van der Waals surface area contributed by atoms with Crippen molar-refractivity contribution in [2.75, 3.05) is 44.2 Å². The first kappa shape index (κ1) is 21.4. The van der Waals surface area contributed by atoms with Gasteiger partial charge in [-0.1, -0.05) is 18.2 Å². The quantitative estimate of drug-likeness (QED) is 0.607. The van der Waals surface area contributed by atoms with Gasteiger partial charge in [0.15, 0.2) is 5.82 Å². The Labute approximate surface area is 181 Å². The highest BCUT2D eigenvalue weighted by Gasteiger charge is 2.22. The van der Waals surface area contributed by atoms with Crippen LogP contribution in [0.3, 0.4) is 0 Å². The summed E-state index contributed by atoms with van der Waals surface area (Å²) in [6, 6.07) is 14.6. The van der Waals surface area contributed by atoms with Gasteiger partial charge in [-0.15, -0.1) is 0 Å². The lowest BCUT2D eigenvalue weighted by Crippen LogP contribution is -2.48. The lowest BCUT2D eigenvalue weighted by atomic mass is 10.1. The zero-order valence-electron chi connectivity index (χ0n) is 17.0. The molecule has 0 radical (unpaired) electrons. The summed E-state index contributed by atoms with van der Waals surface area (Å²) in [6.07, 6.45) is 3.30. The van der Waals surface area contributed by atoms with Crippen molar-refractivity contribution in [2.45, 2.75) is 4.90 Å². The van der Waals surface area contributed by atoms with Gasteiger partial charge in [0.25, 0.3) is 0 Å². The van der Waals surface area contributed by atoms with Crippen molar-refractivity contribution < 1.29 is 12.8 Å². The predicted octanol–water partition coefficient (Wildman–Crippen LogP) is 2.38. The minimum atomic E-state index is -3.49. The van der Waals surface area contributed by atoms with Gasteiger partial charge in [0, 0.05) is 57.2 Å². The number of sulfonamides is 1. The standard InChI is InChI=1S/C22H24FN5O2S/c23-19-8-6-18(7-9-19)21-22(25-11-10-24-21)28-16-14-27(15-17-28)13-12-26-31(29,30)20-4-2-1-3-5-20/h1-11,26H,12-17H2. The largest absolute Gasteiger partial charge is 0.352 e. The number of hydrogen-bond donors (Lipinski definition) is 1. The van der Waals surface area contributed by atoms with E-state index in [4.69, 9.17) is 0 Å². The molecular weight excluding hydrogens is 417 g/mol. The highest BCUT2D eigenvalue weighted by molar-refractivity contribution is 7.89. The molecule has 1 N–H and O–H groups in total. The molecule has 7 nitrogen and oxygen atoms in total. The topological polar surface area (TPSA) is 78.4 Å². The lowest BCUT2D eigenvalue weighted by molar-refractivity contribution is 0.261. The number of hydrogen-bond acceptors (Lipinski definition) is 6. The molecule has 9 heteroatoms. The molecule has 0 spiro atoms. The Bertz CT molecular complexity index is 1100. The van der Waals surface area contributed by atoms with E-state index in [1.807, 2.05) is 0 Å². The number of halogens is 1. The third-order valence-electron chi connectivity index (χ3n) is 5.24. The van der Waals surface area contributed by atoms with Gasteiger partial charge in [-0.3, -0.25) is 9.88 Å². The van der Waals surface area contributed by atoms with Crippen LogP contribution in [0.15, 0.2) is 71.9 Å². The first-order chi connectivity index (χ1) is 15.0. The molecule has 0 saturated carbocycles. The minimum Gasteiger partial charge on any atom is -0.352 e. The highest BCUT2D eigenvalue weighted by atomic mass is 32.2. The third-order valence-corrected chi connectivity index (χ3v) is 6.72. The fourth-order valence-electron chi connectivity index (χ4n) is 3.58. The summed E-state index contributed by atoms with van der Waals surface area (Å²) in [7, 11) is -3.49. The van der Waals surface area contributed by atoms with E-state index in [1.54, 1.807) is 54.9 Å². The summed E-state index contributed by atoms with van der Waals surface area (Å²) in [5, 5.41) is 0. The van der Waals surface area contributed by atoms with E-state index in [9.17, 15) is 12.8 Å². The zero-order chi connectivity index (χ0) is 21.7. The second-order valence-corrected chi connectivity index (χ2v) is 9.04. The molecule has 0 bridgehead atoms. The molecule has 2 heterocycles. The van der Waals surface area contributed by atoms with Crippen molar-refractivity contribution in [3.05, 3.63) is 72.8 Å². The number of benzene rings is 2. The van der Waals surface area contributed by atoms with Crippen molar-refractivity contribution in [3.8, 4) is 11.3 Å². The van der Waals surface area contributed by atoms with Crippen LogP contribution in [0.25, 0.3) is 11.3 Å². The van der Waals surface area contributed by atoms with Crippen LogP contribution in [-0.4, -0.2) is 62.6 Å². The van der Waals surface area contributed by atoms with Gasteiger partial charge in [0.05, 0.1) is 4.90 Å². The Balaban J connectivity index is 1.33. The summed E-state index contributed by atoms with van der Waals surface area (Å²) in [5.41, 5.74) is 1.55. The average Bonchev–Trinajstić information content (AvgIpc) is 2.81. The number of anilines is 1. The molecular formula is C22H24FN5O2S. The first-order valence-electron chi connectivity index (χ1n) is 10.1. The van der Waals surface area contributed by atoms with E-state index in [0.29, 0.717) is 13.1 Å². The molecule has 3 aromatic rings. The van der Waals surface area contributed by atoms with Gasteiger partial charge in [-0.05, 0) is 36.4 Å². The van der Waals surface area contributed by atoms with Gasteiger partial charge in [-0.25, -0.2) is 22.5 Å². The molecule has 0 amide bonds. The van der Waals surface area contributed by atoms with Crippen molar-refractivity contribution in [1.29, 1.82) is 0 Å². The smallest absolute Gasteiger partial charge is 0.240 e. The van der Waals surface area contributed by atoms with Crippen LogP contribution in [0.4, 0.5) is 10.2 Å². The van der Waals surface area contributed by atoms with Crippen LogP contribution in [-0.2, 0) is 10.0 Å². The molecule has 1 aromatic heterocycles. The summed E-state index contributed by atoms with van der Waals surface area (Å²) in [5.74, 6) is 0.490. The maximum absolute atomic E-state index is 13.3. The summed E-state index contributed by atoms with van der Waals surface area (Å²) in [6.45, 7) is 4.05. The van der Waals surface area contributed by atoms with Crippen LogP contribution in [0.2, 0.25) is 0 Å². The predicted molar refractivity (Wildman–Crippen MR) is 118 cm³/mol. The Morgan fingerprint density at radius 3 is 2.29 bits per heavy atom. The summed E-state index contributed by atoms with van der Waals surface area (Å²) in [4.78, 5) is 13.6. The van der Waals surface area contributed by atoms with Crippen LogP contribution in [0.1, 0.15) is 0 Å². The maximum Gasteiger partial charge on any atom is 0.240 e. The van der Waals surface area contributed by atoms with E-state index in [-0.39, 0.29) is 10.7 Å². The minimum absolute atomic E-state index is 0.274. The van der Waals surface area contributed by atoms with Crippen molar-refractivity contribution >= 4 is 15.8 Å². The van der Waals surface area contributed by atoms with Crippen molar-refractivity contribution in [3.63, 3.8) is 0 Å². The second kappa shape index (κ2) is 9.51. The van der Waals surface area contributed by atoms with Crippen molar-refractivity contribution in [2.24, 2.45) is 0 Å². The Morgan fingerprint density at radius 2 is 1.58 bits per heavy atom. The molecule has 0 atom stereocenters. The number of nitrogens with zero attached hydrogens (tertiary/aromatic N) is 4. The van der Waals surface area contributed by atoms with Gasteiger partial charge >= 0.3 is 0 Å². The van der Waals surface area contributed by atoms with Gasteiger partial charge in [0.2, 0.25) is 10.0 Å². The molecule has 1 saturated heterocycles. The first-order valence-corrected chi connectivity index (χ1v) is 11.6. The highest BCUT2D eigenvalue weighted by Crippen LogP contribution is 2.27. The molecule has 0 unspecified atom stereocenters. The normalized spacial score (nSPS) is 15.2. The molecule has 1 aliphatic rings. The molecule has 1 fully saturated rings. The fourth-order valence-corrected chi connectivity index (χ4v) is 4.62. The van der Waals surface area contributed by atoms with Gasteiger partial charge in [0.1, 0.15) is 11.5 Å². The molecule has 1 aliphatic heterocycles. The SMILES string of the molecule is O=S(=O)(NCCN1CCN(c2nccnc2-c2ccc(F)cc2)CC1)c1ccccc1. The van der Waals surface area contributed by atoms with E-state index >= 15 is 0 Å². The number of nitrogens with one attached hydrogen (secondary N) is 1. The fraction of sp³-hybridized carbons (Fsp3) is 0.273. The average molecular weight is 442 g/mol. The maximum atomic E-state index is 13.3. The molecule has 4 rings (SSSR count). The number of piperazine rings is 1. The molecule has 0 aliphatic carbocycles. The van der Waals surface area contributed by atoms with E-state index in [2.05, 4.69) is 24.5 Å². The van der Waals surface area contributed by atoms with E-state index in [1.165, 1.54) is 12.1 Å². The number of aromatic nitrogens is 2. The van der Waals surface area contributed by atoms with Crippen molar-refractivity contribution in [1.82, 2.24) is 19.6 Å². The van der Waals surface area contributed by atoms with E-state index < -0.39 is 10.0 Å². The number of rotatable bonds is 7. The second-order valence-electron chi connectivity index (χ2n) is 7.27.